The predicted octanol–water partition coefficient (Wildman–Crippen LogP) is 2.61. The van der Waals surface area contributed by atoms with E-state index in [0.29, 0.717) is 11.1 Å². The summed E-state index contributed by atoms with van der Waals surface area (Å²) in [4.78, 5) is 14.1. The van der Waals surface area contributed by atoms with E-state index >= 15 is 0 Å². The SMILES string of the molecule is CC1c2ccccc2N2C(=O)c3ccccc3C12O. The number of hydrogen-bond donors (Lipinski definition) is 1. The summed E-state index contributed by atoms with van der Waals surface area (Å²) in [7, 11) is 0. The summed E-state index contributed by atoms with van der Waals surface area (Å²) in [5.41, 5.74) is 1.92. The van der Waals surface area contributed by atoms with Gasteiger partial charge in [-0.2, -0.15) is 0 Å². The first kappa shape index (κ1) is 10.8. The number of aliphatic hydroxyl groups is 1. The summed E-state index contributed by atoms with van der Waals surface area (Å²) in [5.74, 6) is -0.244. The van der Waals surface area contributed by atoms with Gasteiger partial charge in [-0.05, 0) is 17.7 Å². The average Bonchev–Trinajstić information content (AvgIpc) is 2.82. The van der Waals surface area contributed by atoms with Crippen molar-refractivity contribution in [2.45, 2.75) is 18.6 Å². The molecule has 0 fully saturated rings. The number of benzene rings is 2. The van der Waals surface area contributed by atoms with Crippen LogP contribution in [-0.2, 0) is 5.72 Å². The average molecular weight is 251 g/mol. The first-order chi connectivity index (χ1) is 9.15. The fraction of sp³-hybridized carbons (Fsp3) is 0.188. The molecule has 0 aliphatic carbocycles. The Balaban J connectivity index is 2.05. The van der Waals surface area contributed by atoms with E-state index in [1.54, 1.807) is 6.07 Å². The molecule has 19 heavy (non-hydrogen) atoms. The van der Waals surface area contributed by atoms with Crippen LogP contribution in [0.3, 0.4) is 0 Å². The zero-order valence-electron chi connectivity index (χ0n) is 10.5. The molecule has 2 unspecified atom stereocenters. The number of rotatable bonds is 0. The third kappa shape index (κ3) is 1.05. The molecule has 0 aromatic heterocycles. The first-order valence-electron chi connectivity index (χ1n) is 6.41. The van der Waals surface area contributed by atoms with Gasteiger partial charge in [-0.1, -0.05) is 43.3 Å². The summed E-state index contributed by atoms with van der Waals surface area (Å²) < 4.78 is 0. The molecule has 2 atom stereocenters. The van der Waals surface area contributed by atoms with Crippen LogP contribution in [0.2, 0.25) is 0 Å². The topological polar surface area (TPSA) is 40.5 Å². The minimum Gasteiger partial charge on any atom is -0.366 e. The predicted molar refractivity (Wildman–Crippen MR) is 72.0 cm³/mol. The lowest BCUT2D eigenvalue weighted by molar-refractivity contribution is 0.0278. The summed E-state index contributed by atoms with van der Waals surface area (Å²) in [6.07, 6.45) is 0. The Labute approximate surface area is 111 Å². The summed E-state index contributed by atoms with van der Waals surface area (Å²) in [6, 6.07) is 15.0. The van der Waals surface area contributed by atoms with Gasteiger partial charge in [0, 0.05) is 17.0 Å². The molecule has 94 valence electrons. The van der Waals surface area contributed by atoms with Crippen LogP contribution < -0.4 is 4.90 Å². The number of hydrogen-bond acceptors (Lipinski definition) is 2. The Bertz CT molecular complexity index is 709. The molecule has 1 N–H and O–H groups in total. The van der Waals surface area contributed by atoms with Gasteiger partial charge >= 0.3 is 0 Å². The van der Waals surface area contributed by atoms with E-state index in [-0.39, 0.29) is 11.8 Å². The van der Waals surface area contributed by atoms with E-state index in [1.807, 2.05) is 49.4 Å². The molecule has 2 aliphatic rings. The van der Waals surface area contributed by atoms with E-state index in [2.05, 4.69) is 0 Å². The normalized spacial score (nSPS) is 27.2. The number of anilines is 1. The van der Waals surface area contributed by atoms with Crippen molar-refractivity contribution in [2.75, 3.05) is 4.90 Å². The second-order valence-electron chi connectivity index (χ2n) is 5.19. The van der Waals surface area contributed by atoms with Gasteiger partial charge < -0.3 is 5.11 Å². The largest absolute Gasteiger partial charge is 0.366 e. The van der Waals surface area contributed by atoms with Gasteiger partial charge in [0.15, 0.2) is 5.72 Å². The highest BCUT2D eigenvalue weighted by Crippen LogP contribution is 2.55. The van der Waals surface area contributed by atoms with Crippen molar-refractivity contribution in [3.63, 3.8) is 0 Å². The van der Waals surface area contributed by atoms with Gasteiger partial charge in [-0.25, -0.2) is 0 Å². The van der Waals surface area contributed by atoms with Gasteiger partial charge in [0.2, 0.25) is 0 Å². The van der Waals surface area contributed by atoms with Crippen LogP contribution in [0.25, 0.3) is 0 Å². The van der Waals surface area contributed by atoms with Gasteiger partial charge in [-0.3, -0.25) is 9.69 Å². The minimum absolute atomic E-state index is 0.116. The number of para-hydroxylation sites is 1. The minimum atomic E-state index is -1.24. The van der Waals surface area contributed by atoms with Crippen molar-refractivity contribution in [3.05, 3.63) is 65.2 Å². The lowest BCUT2D eigenvalue weighted by atomic mass is 9.88. The Morgan fingerprint density at radius 2 is 1.79 bits per heavy atom. The molecule has 1 amide bonds. The van der Waals surface area contributed by atoms with Crippen LogP contribution >= 0.6 is 0 Å². The van der Waals surface area contributed by atoms with E-state index in [4.69, 9.17) is 0 Å². The summed E-state index contributed by atoms with van der Waals surface area (Å²) >= 11 is 0. The highest BCUT2D eigenvalue weighted by Gasteiger charge is 2.57. The van der Waals surface area contributed by atoms with Crippen LogP contribution in [0.1, 0.15) is 34.3 Å². The third-order valence-corrected chi connectivity index (χ3v) is 4.35. The highest BCUT2D eigenvalue weighted by molar-refractivity contribution is 6.13. The quantitative estimate of drug-likeness (QED) is 0.782. The Morgan fingerprint density at radius 3 is 2.63 bits per heavy atom. The zero-order valence-corrected chi connectivity index (χ0v) is 10.5. The molecule has 0 saturated carbocycles. The molecule has 4 rings (SSSR count). The van der Waals surface area contributed by atoms with Crippen LogP contribution in [0.5, 0.6) is 0 Å². The second kappa shape index (κ2) is 3.25. The van der Waals surface area contributed by atoms with Crippen molar-refractivity contribution < 1.29 is 9.90 Å². The lowest BCUT2D eigenvalue weighted by Crippen LogP contribution is -2.42. The number of fused-ring (bicyclic) bond motifs is 5. The molecule has 2 aromatic rings. The van der Waals surface area contributed by atoms with Crippen molar-refractivity contribution in [2.24, 2.45) is 0 Å². The monoisotopic (exact) mass is 251 g/mol. The molecule has 0 spiro atoms. The Hall–Kier alpha value is -2.13. The van der Waals surface area contributed by atoms with Crippen molar-refractivity contribution in [1.82, 2.24) is 0 Å². The van der Waals surface area contributed by atoms with Crippen molar-refractivity contribution in [1.29, 1.82) is 0 Å². The van der Waals surface area contributed by atoms with Gasteiger partial charge in [0.1, 0.15) is 0 Å². The van der Waals surface area contributed by atoms with E-state index in [9.17, 15) is 9.90 Å². The van der Waals surface area contributed by atoms with Gasteiger partial charge in [-0.15, -0.1) is 0 Å². The fourth-order valence-electron chi connectivity index (χ4n) is 3.38. The van der Waals surface area contributed by atoms with Gasteiger partial charge in [0.05, 0.1) is 5.69 Å². The molecule has 0 saturated heterocycles. The lowest BCUT2D eigenvalue weighted by Gasteiger charge is -2.30. The maximum Gasteiger partial charge on any atom is 0.261 e. The molecule has 3 nitrogen and oxygen atoms in total. The Kier molecular flexibility index (Phi) is 1.84. The second-order valence-corrected chi connectivity index (χ2v) is 5.19. The maximum absolute atomic E-state index is 12.6. The molecule has 0 bridgehead atoms. The Morgan fingerprint density at radius 1 is 1.11 bits per heavy atom. The molecule has 2 aromatic carbocycles. The number of amides is 1. The number of carbonyl (C=O) groups is 1. The molecular formula is C16H13NO2. The summed E-state index contributed by atoms with van der Waals surface area (Å²) in [5, 5.41) is 11.1. The smallest absolute Gasteiger partial charge is 0.261 e. The van der Waals surface area contributed by atoms with Crippen LogP contribution in [0.4, 0.5) is 5.69 Å². The van der Waals surface area contributed by atoms with Crippen LogP contribution in [-0.4, -0.2) is 11.0 Å². The number of carbonyl (C=O) groups excluding carboxylic acids is 1. The van der Waals surface area contributed by atoms with E-state index < -0.39 is 5.72 Å². The zero-order chi connectivity index (χ0) is 13.2. The van der Waals surface area contributed by atoms with Crippen LogP contribution in [0, 0.1) is 0 Å². The third-order valence-electron chi connectivity index (χ3n) is 4.35. The van der Waals surface area contributed by atoms with Gasteiger partial charge in [0.25, 0.3) is 5.91 Å². The molecule has 0 radical (unpaired) electrons. The number of nitrogens with zero attached hydrogens (tertiary/aromatic N) is 1. The maximum atomic E-state index is 12.6. The first-order valence-corrected chi connectivity index (χ1v) is 6.41. The van der Waals surface area contributed by atoms with Crippen molar-refractivity contribution >= 4 is 11.6 Å². The molecule has 2 aliphatic heterocycles. The highest BCUT2D eigenvalue weighted by atomic mass is 16.3. The molecular weight excluding hydrogens is 238 g/mol. The van der Waals surface area contributed by atoms with E-state index in [1.165, 1.54) is 4.90 Å². The molecule has 2 heterocycles. The van der Waals surface area contributed by atoms with Crippen LogP contribution in [0.15, 0.2) is 48.5 Å². The summed E-state index contributed by atoms with van der Waals surface area (Å²) in [6.45, 7) is 1.97. The fourth-order valence-corrected chi connectivity index (χ4v) is 3.38. The van der Waals surface area contributed by atoms with Crippen molar-refractivity contribution in [3.8, 4) is 0 Å². The standard InChI is InChI=1S/C16H13NO2/c1-10-11-6-3-5-9-14(11)17-15(18)12-7-2-4-8-13(12)16(10,17)19/h2-10,19H,1H3. The molecule has 3 heteroatoms. The van der Waals surface area contributed by atoms with E-state index in [0.717, 1.165) is 11.3 Å².